The molecule has 2 aromatic carbocycles. The van der Waals surface area contributed by atoms with Gasteiger partial charge >= 0.3 is 0 Å². The number of aromatic nitrogens is 2. The van der Waals surface area contributed by atoms with Gasteiger partial charge in [0.05, 0.1) is 0 Å². The number of hydrogen-bond acceptors (Lipinski definition) is 4. The Morgan fingerprint density at radius 3 is 2.70 bits per heavy atom. The molecule has 0 unspecified atom stereocenters. The van der Waals surface area contributed by atoms with E-state index in [1.54, 1.807) is 18.3 Å². The van der Waals surface area contributed by atoms with E-state index < -0.39 is 0 Å². The van der Waals surface area contributed by atoms with E-state index in [0.29, 0.717) is 34.3 Å². The van der Waals surface area contributed by atoms with Gasteiger partial charge < -0.3 is 9.73 Å². The van der Waals surface area contributed by atoms with E-state index in [1.165, 1.54) is 0 Å². The largest absolute Gasteiger partial charge is 0.434 e. The van der Waals surface area contributed by atoms with Crippen LogP contribution in [-0.2, 0) is 6.54 Å². The predicted octanol–water partition coefficient (Wildman–Crippen LogP) is 4.78. The molecule has 0 fully saturated rings. The van der Waals surface area contributed by atoms with Gasteiger partial charge in [0, 0.05) is 28.9 Å². The molecule has 0 radical (unpaired) electrons. The van der Waals surface area contributed by atoms with E-state index in [4.69, 9.17) is 16.0 Å². The Morgan fingerprint density at radius 1 is 1.15 bits per heavy atom. The normalized spacial score (nSPS) is 10.9. The van der Waals surface area contributed by atoms with Crippen LogP contribution in [-0.4, -0.2) is 15.9 Å². The third-order valence-corrected chi connectivity index (χ3v) is 4.66. The van der Waals surface area contributed by atoms with Crippen LogP contribution in [0.1, 0.15) is 21.5 Å². The lowest BCUT2D eigenvalue weighted by Gasteiger charge is -2.07. The number of fused-ring (bicyclic) bond motifs is 1. The Hall–Kier alpha value is -3.18. The van der Waals surface area contributed by atoms with Gasteiger partial charge in [0.2, 0.25) is 5.89 Å². The summed E-state index contributed by atoms with van der Waals surface area (Å²) in [6.45, 7) is 2.32. The molecule has 6 heteroatoms. The highest BCUT2D eigenvalue weighted by atomic mass is 35.5. The number of nitrogens with zero attached hydrogens (tertiary/aromatic N) is 2. The fourth-order valence-corrected chi connectivity index (χ4v) is 2.86. The number of carbonyl (C=O) groups is 1. The fraction of sp³-hybridized carbons (Fsp3) is 0.0952. The molecular formula is C21H16ClN3O2. The van der Waals surface area contributed by atoms with Crippen LogP contribution in [0.5, 0.6) is 0 Å². The Labute approximate surface area is 161 Å². The first-order chi connectivity index (χ1) is 13.1. The van der Waals surface area contributed by atoms with Gasteiger partial charge in [-0.1, -0.05) is 29.8 Å². The maximum absolute atomic E-state index is 12.3. The molecule has 0 aliphatic rings. The minimum atomic E-state index is -0.161. The van der Waals surface area contributed by atoms with Crippen molar-refractivity contribution in [2.45, 2.75) is 13.5 Å². The quantitative estimate of drug-likeness (QED) is 0.555. The molecule has 27 heavy (non-hydrogen) atoms. The van der Waals surface area contributed by atoms with E-state index in [0.717, 1.165) is 16.7 Å². The molecule has 0 saturated heterocycles. The van der Waals surface area contributed by atoms with E-state index in [9.17, 15) is 4.79 Å². The van der Waals surface area contributed by atoms with Gasteiger partial charge in [-0.2, -0.15) is 4.98 Å². The van der Waals surface area contributed by atoms with Gasteiger partial charge in [-0.05, 0) is 54.4 Å². The van der Waals surface area contributed by atoms with Crippen LogP contribution in [0.4, 0.5) is 0 Å². The molecule has 4 rings (SSSR count). The molecule has 1 N–H and O–H groups in total. The van der Waals surface area contributed by atoms with Crippen molar-refractivity contribution >= 4 is 28.7 Å². The Balaban J connectivity index is 1.44. The summed E-state index contributed by atoms with van der Waals surface area (Å²) in [6, 6.07) is 16.6. The van der Waals surface area contributed by atoms with Crippen LogP contribution >= 0.6 is 11.6 Å². The van der Waals surface area contributed by atoms with Crippen molar-refractivity contribution in [3.63, 3.8) is 0 Å². The van der Waals surface area contributed by atoms with Gasteiger partial charge in [0.1, 0.15) is 0 Å². The number of benzene rings is 2. The first-order valence-electron chi connectivity index (χ1n) is 8.45. The summed E-state index contributed by atoms with van der Waals surface area (Å²) in [5, 5.41) is 3.48. The van der Waals surface area contributed by atoms with Gasteiger partial charge in [0.15, 0.2) is 11.2 Å². The first kappa shape index (κ1) is 17.2. The maximum atomic E-state index is 12.3. The van der Waals surface area contributed by atoms with E-state index in [2.05, 4.69) is 15.3 Å². The second-order valence-electron chi connectivity index (χ2n) is 6.19. The fourth-order valence-electron chi connectivity index (χ4n) is 2.68. The molecule has 1 amide bonds. The molecule has 0 aliphatic heterocycles. The highest BCUT2D eigenvalue weighted by molar-refractivity contribution is 6.31. The molecular weight excluding hydrogens is 362 g/mol. The lowest BCUT2D eigenvalue weighted by Crippen LogP contribution is -2.22. The highest BCUT2D eigenvalue weighted by Gasteiger charge is 2.10. The molecule has 4 aromatic rings. The van der Waals surface area contributed by atoms with Crippen LogP contribution in [0.15, 0.2) is 65.2 Å². The molecule has 2 aromatic heterocycles. The minimum absolute atomic E-state index is 0.161. The summed E-state index contributed by atoms with van der Waals surface area (Å²) >= 11 is 6.08. The van der Waals surface area contributed by atoms with Crippen molar-refractivity contribution in [1.29, 1.82) is 0 Å². The van der Waals surface area contributed by atoms with Gasteiger partial charge in [-0.25, -0.2) is 4.98 Å². The number of carbonyl (C=O) groups excluding carboxylic acids is 1. The van der Waals surface area contributed by atoms with Crippen molar-refractivity contribution in [3.05, 3.63) is 82.5 Å². The van der Waals surface area contributed by atoms with E-state index in [-0.39, 0.29) is 5.91 Å². The van der Waals surface area contributed by atoms with Crippen molar-refractivity contribution in [3.8, 4) is 11.5 Å². The predicted molar refractivity (Wildman–Crippen MR) is 105 cm³/mol. The third-order valence-electron chi connectivity index (χ3n) is 4.25. The third kappa shape index (κ3) is 3.68. The number of amides is 1. The minimum Gasteiger partial charge on any atom is -0.434 e. The van der Waals surface area contributed by atoms with E-state index in [1.807, 2.05) is 49.4 Å². The molecule has 5 nitrogen and oxygen atoms in total. The van der Waals surface area contributed by atoms with Crippen molar-refractivity contribution in [2.24, 2.45) is 0 Å². The summed E-state index contributed by atoms with van der Waals surface area (Å²) in [5.74, 6) is 0.361. The second kappa shape index (κ2) is 7.21. The molecule has 0 atom stereocenters. The lowest BCUT2D eigenvalue weighted by molar-refractivity contribution is 0.0951. The Bertz CT molecular complexity index is 1090. The van der Waals surface area contributed by atoms with Gasteiger partial charge in [-0.3, -0.25) is 4.79 Å². The molecule has 0 aliphatic carbocycles. The molecule has 134 valence electrons. The molecule has 2 heterocycles. The number of pyridine rings is 1. The van der Waals surface area contributed by atoms with Crippen LogP contribution in [0.25, 0.3) is 22.7 Å². The van der Waals surface area contributed by atoms with Crippen LogP contribution in [0.3, 0.4) is 0 Å². The first-order valence-corrected chi connectivity index (χ1v) is 8.83. The molecule has 0 saturated carbocycles. The summed E-state index contributed by atoms with van der Waals surface area (Å²) in [4.78, 5) is 20.8. The second-order valence-corrected chi connectivity index (χ2v) is 6.59. The van der Waals surface area contributed by atoms with Crippen LogP contribution in [0.2, 0.25) is 5.02 Å². The Kier molecular flexibility index (Phi) is 4.60. The van der Waals surface area contributed by atoms with E-state index >= 15 is 0 Å². The highest BCUT2D eigenvalue weighted by Crippen LogP contribution is 2.23. The number of nitrogens with one attached hydrogen (secondary N) is 1. The van der Waals surface area contributed by atoms with Gasteiger partial charge in [0.25, 0.3) is 5.91 Å². The topological polar surface area (TPSA) is 68.0 Å². The number of oxazole rings is 1. The average Bonchev–Trinajstić information content (AvgIpc) is 3.13. The monoisotopic (exact) mass is 377 g/mol. The maximum Gasteiger partial charge on any atom is 0.251 e. The zero-order valence-electron chi connectivity index (χ0n) is 14.6. The van der Waals surface area contributed by atoms with Crippen molar-refractivity contribution in [2.75, 3.05) is 0 Å². The Morgan fingerprint density at radius 2 is 1.96 bits per heavy atom. The van der Waals surface area contributed by atoms with Crippen molar-refractivity contribution < 1.29 is 9.21 Å². The number of halogens is 1. The summed E-state index contributed by atoms with van der Waals surface area (Å²) < 4.78 is 5.71. The molecule has 0 bridgehead atoms. The average molecular weight is 378 g/mol. The summed E-state index contributed by atoms with van der Waals surface area (Å²) in [6.07, 6.45) is 1.68. The van der Waals surface area contributed by atoms with Crippen molar-refractivity contribution in [1.82, 2.24) is 15.3 Å². The smallest absolute Gasteiger partial charge is 0.251 e. The van der Waals surface area contributed by atoms with Gasteiger partial charge in [-0.15, -0.1) is 0 Å². The molecule has 0 spiro atoms. The lowest BCUT2D eigenvalue weighted by atomic mass is 10.1. The standard InChI is InChI=1S/C21H16ClN3O2/c1-13-4-7-16(11-17(13)22)20(26)24-12-14-5-8-15(9-6-14)21-25-19-18(27-21)3-2-10-23-19/h2-11H,12H2,1H3,(H,24,26). The zero-order chi connectivity index (χ0) is 18.8. The number of aryl methyl sites for hydroxylation is 1. The number of rotatable bonds is 4. The number of hydrogen-bond donors (Lipinski definition) is 1. The van der Waals surface area contributed by atoms with Crippen LogP contribution < -0.4 is 5.32 Å². The van der Waals surface area contributed by atoms with Crippen LogP contribution in [0, 0.1) is 6.92 Å². The summed E-state index contributed by atoms with van der Waals surface area (Å²) in [5.41, 5.74) is 4.55. The SMILES string of the molecule is Cc1ccc(C(=O)NCc2ccc(-c3nc4ncccc4o3)cc2)cc1Cl. The zero-order valence-corrected chi connectivity index (χ0v) is 15.3. The summed E-state index contributed by atoms with van der Waals surface area (Å²) in [7, 11) is 0.